The van der Waals surface area contributed by atoms with E-state index in [1.165, 1.54) is 6.33 Å². The zero-order valence-corrected chi connectivity index (χ0v) is 9.35. The van der Waals surface area contributed by atoms with Gasteiger partial charge in [0.1, 0.15) is 12.0 Å². The molecule has 16 heavy (non-hydrogen) atoms. The molecule has 0 amide bonds. The van der Waals surface area contributed by atoms with E-state index in [2.05, 4.69) is 14.9 Å². The number of nitrogens with two attached hydrogens (primary N) is 1. The summed E-state index contributed by atoms with van der Waals surface area (Å²) in [5.41, 5.74) is 6.44. The molecule has 1 aromatic rings. The summed E-state index contributed by atoms with van der Waals surface area (Å²) in [6.45, 7) is 3.18. The van der Waals surface area contributed by atoms with Crippen LogP contribution in [0.3, 0.4) is 0 Å². The van der Waals surface area contributed by atoms with Gasteiger partial charge in [0.05, 0.1) is 13.7 Å². The number of nitrogen functional groups attached to an aromatic ring is 1. The number of hydrogen-bond acceptors (Lipinski definition) is 6. The zero-order chi connectivity index (χ0) is 11.4. The minimum absolute atomic E-state index is 0.426. The van der Waals surface area contributed by atoms with Crippen LogP contribution in [-0.4, -0.2) is 43.4 Å². The Bertz CT molecular complexity index is 351. The number of rotatable bonds is 2. The summed E-state index contributed by atoms with van der Waals surface area (Å²) in [6, 6.07) is 0. The van der Waals surface area contributed by atoms with Crippen LogP contribution < -0.4 is 15.4 Å². The Morgan fingerprint density at radius 3 is 3.06 bits per heavy atom. The second kappa shape index (κ2) is 4.98. The van der Waals surface area contributed by atoms with Crippen molar-refractivity contribution in [3.63, 3.8) is 0 Å². The molecule has 0 bridgehead atoms. The molecule has 2 rings (SSSR count). The largest absolute Gasteiger partial charge is 0.479 e. The molecule has 2 N–H and O–H groups in total. The van der Waals surface area contributed by atoms with Crippen molar-refractivity contribution < 1.29 is 9.47 Å². The Morgan fingerprint density at radius 2 is 2.25 bits per heavy atom. The molecule has 0 unspecified atom stereocenters. The molecule has 1 fully saturated rings. The fourth-order valence-corrected chi connectivity index (χ4v) is 1.74. The molecule has 1 saturated heterocycles. The van der Waals surface area contributed by atoms with Crippen LogP contribution in [0, 0.1) is 0 Å². The molecule has 0 aromatic carbocycles. The summed E-state index contributed by atoms with van der Waals surface area (Å²) in [5, 5.41) is 0. The first-order valence-corrected chi connectivity index (χ1v) is 5.30. The molecule has 2 heterocycles. The average Bonchev–Trinajstić information content (AvgIpc) is 2.58. The number of nitrogens with zero attached hydrogens (tertiary/aromatic N) is 3. The van der Waals surface area contributed by atoms with Gasteiger partial charge in [0.15, 0.2) is 5.82 Å². The first-order chi connectivity index (χ1) is 7.83. The second-order valence-electron chi connectivity index (χ2n) is 3.57. The van der Waals surface area contributed by atoms with Crippen molar-refractivity contribution in [2.45, 2.75) is 6.42 Å². The summed E-state index contributed by atoms with van der Waals surface area (Å²) < 4.78 is 10.5. The van der Waals surface area contributed by atoms with Gasteiger partial charge in [0, 0.05) is 19.7 Å². The zero-order valence-electron chi connectivity index (χ0n) is 9.35. The van der Waals surface area contributed by atoms with Gasteiger partial charge in [-0.25, -0.2) is 4.98 Å². The predicted octanol–water partition coefficient (Wildman–Crippen LogP) is 0.294. The van der Waals surface area contributed by atoms with Crippen LogP contribution in [0.15, 0.2) is 6.33 Å². The highest BCUT2D eigenvalue weighted by Crippen LogP contribution is 2.27. The van der Waals surface area contributed by atoms with Crippen molar-refractivity contribution in [1.82, 2.24) is 9.97 Å². The Balaban J connectivity index is 2.24. The smallest absolute Gasteiger partial charge is 0.242 e. The van der Waals surface area contributed by atoms with E-state index < -0.39 is 0 Å². The number of aromatic nitrogens is 2. The average molecular weight is 224 g/mol. The van der Waals surface area contributed by atoms with Gasteiger partial charge in [-0.15, -0.1) is 0 Å². The summed E-state index contributed by atoms with van der Waals surface area (Å²) in [5.74, 6) is 1.16. The van der Waals surface area contributed by atoms with Crippen molar-refractivity contribution in [2.75, 3.05) is 44.0 Å². The van der Waals surface area contributed by atoms with E-state index in [0.717, 1.165) is 31.9 Å². The van der Waals surface area contributed by atoms with Gasteiger partial charge in [-0.05, 0) is 6.42 Å². The van der Waals surface area contributed by atoms with Gasteiger partial charge in [-0.2, -0.15) is 4.98 Å². The number of anilines is 2. The molecule has 0 saturated carbocycles. The fourth-order valence-electron chi connectivity index (χ4n) is 1.74. The van der Waals surface area contributed by atoms with Crippen molar-refractivity contribution in [3.8, 4) is 5.88 Å². The van der Waals surface area contributed by atoms with E-state index in [0.29, 0.717) is 18.2 Å². The maximum Gasteiger partial charge on any atom is 0.242 e. The van der Waals surface area contributed by atoms with E-state index in [4.69, 9.17) is 15.2 Å². The number of methoxy groups -OCH3 is 1. The standard InChI is InChI=1S/C10H16N4O2/c1-15-10-8(11)9(12-7-13-10)14-3-2-5-16-6-4-14/h7H,2-6,11H2,1H3. The summed E-state index contributed by atoms with van der Waals surface area (Å²) in [6.07, 6.45) is 2.45. The van der Waals surface area contributed by atoms with Gasteiger partial charge in [0.2, 0.25) is 5.88 Å². The third-order valence-corrected chi connectivity index (χ3v) is 2.54. The SMILES string of the molecule is COc1ncnc(N2CCCOCC2)c1N. The van der Waals surface area contributed by atoms with Gasteiger partial charge < -0.3 is 20.1 Å². The Labute approximate surface area is 94.4 Å². The maximum absolute atomic E-state index is 5.94. The van der Waals surface area contributed by atoms with E-state index in [9.17, 15) is 0 Å². The lowest BCUT2D eigenvalue weighted by Gasteiger charge is -2.22. The van der Waals surface area contributed by atoms with Crippen LogP contribution in [0.5, 0.6) is 5.88 Å². The molecule has 88 valence electrons. The third-order valence-electron chi connectivity index (χ3n) is 2.54. The topological polar surface area (TPSA) is 73.5 Å². The summed E-state index contributed by atoms with van der Waals surface area (Å²) in [7, 11) is 1.55. The molecular weight excluding hydrogens is 208 g/mol. The third kappa shape index (κ3) is 2.16. The molecule has 0 aliphatic carbocycles. The van der Waals surface area contributed by atoms with E-state index in [1.54, 1.807) is 7.11 Å². The van der Waals surface area contributed by atoms with Crippen molar-refractivity contribution in [2.24, 2.45) is 0 Å². The first kappa shape index (κ1) is 10.9. The van der Waals surface area contributed by atoms with Gasteiger partial charge >= 0.3 is 0 Å². The molecule has 1 aromatic heterocycles. The van der Waals surface area contributed by atoms with Crippen LogP contribution in [0.1, 0.15) is 6.42 Å². The lowest BCUT2D eigenvalue weighted by atomic mass is 10.3. The van der Waals surface area contributed by atoms with E-state index >= 15 is 0 Å². The van der Waals surface area contributed by atoms with Gasteiger partial charge in [-0.1, -0.05) is 0 Å². The van der Waals surface area contributed by atoms with Gasteiger partial charge in [-0.3, -0.25) is 0 Å². The Hall–Kier alpha value is -1.56. The monoisotopic (exact) mass is 224 g/mol. The summed E-state index contributed by atoms with van der Waals surface area (Å²) >= 11 is 0. The molecule has 0 atom stereocenters. The van der Waals surface area contributed by atoms with Crippen LogP contribution in [-0.2, 0) is 4.74 Å². The lowest BCUT2D eigenvalue weighted by Crippen LogP contribution is -2.28. The maximum atomic E-state index is 5.94. The molecular formula is C10H16N4O2. The number of ether oxygens (including phenoxy) is 2. The highest BCUT2D eigenvalue weighted by Gasteiger charge is 2.16. The van der Waals surface area contributed by atoms with Gasteiger partial charge in [0.25, 0.3) is 0 Å². The molecule has 6 nitrogen and oxygen atoms in total. The second-order valence-corrected chi connectivity index (χ2v) is 3.57. The van der Waals surface area contributed by atoms with E-state index in [-0.39, 0.29) is 0 Å². The van der Waals surface area contributed by atoms with Crippen LogP contribution >= 0.6 is 0 Å². The first-order valence-electron chi connectivity index (χ1n) is 5.30. The van der Waals surface area contributed by atoms with Crippen molar-refractivity contribution in [3.05, 3.63) is 6.33 Å². The summed E-state index contributed by atoms with van der Waals surface area (Å²) in [4.78, 5) is 10.3. The van der Waals surface area contributed by atoms with Crippen LogP contribution in [0.25, 0.3) is 0 Å². The highest BCUT2D eigenvalue weighted by molar-refractivity contribution is 5.67. The molecule has 1 aliphatic heterocycles. The Kier molecular flexibility index (Phi) is 3.40. The predicted molar refractivity (Wildman–Crippen MR) is 60.6 cm³/mol. The lowest BCUT2D eigenvalue weighted by molar-refractivity contribution is 0.152. The van der Waals surface area contributed by atoms with E-state index in [1.807, 2.05) is 0 Å². The highest BCUT2D eigenvalue weighted by atomic mass is 16.5. The van der Waals surface area contributed by atoms with Crippen molar-refractivity contribution in [1.29, 1.82) is 0 Å². The minimum Gasteiger partial charge on any atom is -0.479 e. The molecule has 1 aliphatic rings. The molecule has 0 spiro atoms. The molecule has 6 heteroatoms. The molecule has 0 radical (unpaired) electrons. The quantitative estimate of drug-likeness (QED) is 0.778. The normalized spacial score (nSPS) is 16.9. The fraction of sp³-hybridized carbons (Fsp3) is 0.600. The van der Waals surface area contributed by atoms with Crippen LogP contribution in [0.2, 0.25) is 0 Å². The minimum atomic E-state index is 0.426. The Morgan fingerprint density at radius 1 is 1.38 bits per heavy atom. The van der Waals surface area contributed by atoms with Crippen molar-refractivity contribution >= 4 is 11.5 Å². The number of hydrogen-bond donors (Lipinski definition) is 1. The van der Waals surface area contributed by atoms with Crippen LogP contribution in [0.4, 0.5) is 11.5 Å².